The highest BCUT2D eigenvalue weighted by Gasteiger charge is 2.24. The number of hydrogen-bond donors (Lipinski definition) is 1. The van der Waals surface area contributed by atoms with Gasteiger partial charge in [0.1, 0.15) is 5.82 Å². The molecule has 1 aromatic rings. The molecule has 0 spiro atoms. The summed E-state index contributed by atoms with van der Waals surface area (Å²) >= 11 is 3.42. The number of likely N-dealkylation sites (tertiary alicyclic amines) is 1. The van der Waals surface area contributed by atoms with Crippen LogP contribution in [-0.2, 0) is 6.54 Å². The molecule has 1 aromatic carbocycles. The Kier molecular flexibility index (Phi) is 3.95. The highest BCUT2D eigenvalue weighted by molar-refractivity contribution is 9.10. The van der Waals surface area contributed by atoms with E-state index in [1.54, 1.807) is 12.1 Å². The van der Waals surface area contributed by atoms with Crippen molar-refractivity contribution in [2.75, 3.05) is 13.2 Å². The Bertz CT molecular complexity index is 372. The molecule has 4 heteroatoms. The molecule has 0 aromatic heterocycles. The lowest BCUT2D eigenvalue weighted by molar-refractivity contribution is 0.153. The zero-order valence-corrected chi connectivity index (χ0v) is 10.6. The van der Waals surface area contributed by atoms with Gasteiger partial charge in [0.15, 0.2) is 0 Å². The molecule has 2 nitrogen and oxygen atoms in total. The quantitative estimate of drug-likeness (QED) is 0.924. The van der Waals surface area contributed by atoms with E-state index in [9.17, 15) is 9.50 Å². The van der Waals surface area contributed by atoms with Crippen LogP contribution in [0, 0.1) is 5.82 Å². The second-order valence-electron chi connectivity index (χ2n) is 4.18. The van der Waals surface area contributed by atoms with Crippen LogP contribution < -0.4 is 0 Å². The number of nitrogens with zero attached hydrogens (tertiary/aromatic N) is 1. The van der Waals surface area contributed by atoms with E-state index in [-0.39, 0.29) is 18.5 Å². The Labute approximate surface area is 103 Å². The molecule has 1 unspecified atom stereocenters. The zero-order valence-electron chi connectivity index (χ0n) is 9.00. The molecule has 1 heterocycles. The van der Waals surface area contributed by atoms with Crippen molar-refractivity contribution in [3.63, 3.8) is 0 Å². The first-order chi connectivity index (χ1) is 7.70. The standard InChI is InChI=1S/C12H15BrFNO/c13-12-4-3-10(14)6-9(12)7-15-5-1-2-11(15)8-16/h3-4,6,11,16H,1-2,5,7-8H2. The van der Waals surface area contributed by atoms with Crippen LogP contribution in [0.3, 0.4) is 0 Å². The molecule has 1 N–H and O–H groups in total. The van der Waals surface area contributed by atoms with E-state index in [4.69, 9.17) is 0 Å². The fourth-order valence-electron chi connectivity index (χ4n) is 2.19. The molecule has 16 heavy (non-hydrogen) atoms. The third-order valence-electron chi connectivity index (χ3n) is 3.09. The minimum absolute atomic E-state index is 0.187. The van der Waals surface area contributed by atoms with E-state index in [0.29, 0.717) is 6.54 Å². The van der Waals surface area contributed by atoms with E-state index < -0.39 is 0 Å². The molecule has 88 valence electrons. The molecular formula is C12H15BrFNO. The third-order valence-corrected chi connectivity index (χ3v) is 3.86. The van der Waals surface area contributed by atoms with Crippen LogP contribution in [0.1, 0.15) is 18.4 Å². The molecule has 0 aliphatic carbocycles. The summed E-state index contributed by atoms with van der Waals surface area (Å²) in [6.07, 6.45) is 2.14. The van der Waals surface area contributed by atoms with E-state index in [1.165, 1.54) is 6.07 Å². The molecule has 0 bridgehead atoms. The van der Waals surface area contributed by atoms with Gasteiger partial charge in [-0.25, -0.2) is 4.39 Å². The van der Waals surface area contributed by atoms with Crippen LogP contribution in [0.5, 0.6) is 0 Å². The molecule has 1 atom stereocenters. The number of hydrogen-bond acceptors (Lipinski definition) is 2. The second kappa shape index (κ2) is 5.25. The third kappa shape index (κ3) is 2.62. The SMILES string of the molecule is OCC1CCCN1Cc1cc(F)ccc1Br. The van der Waals surface area contributed by atoms with Crippen LogP contribution in [0.4, 0.5) is 4.39 Å². The van der Waals surface area contributed by atoms with Gasteiger partial charge in [-0.3, -0.25) is 4.90 Å². The van der Waals surface area contributed by atoms with Crippen LogP contribution in [0.2, 0.25) is 0 Å². The summed E-state index contributed by atoms with van der Waals surface area (Å²) in [4.78, 5) is 2.21. The minimum atomic E-state index is -0.210. The van der Waals surface area contributed by atoms with E-state index in [1.807, 2.05) is 0 Å². The lowest BCUT2D eigenvalue weighted by Crippen LogP contribution is -2.31. The first-order valence-electron chi connectivity index (χ1n) is 5.49. The number of rotatable bonds is 3. The van der Waals surface area contributed by atoms with Crippen LogP contribution >= 0.6 is 15.9 Å². The maximum Gasteiger partial charge on any atom is 0.123 e. The number of aliphatic hydroxyl groups excluding tert-OH is 1. The Morgan fingerprint density at radius 2 is 2.31 bits per heavy atom. The average Bonchev–Trinajstić information content (AvgIpc) is 2.71. The highest BCUT2D eigenvalue weighted by Crippen LogP contribution is 2.24. The first kappa shape index (κ1) is 12.0. The molecule has 1 aliphatic heterocycles. The Morgan fingerprint density at radius 1 is 1.50 bits per heavy atom. The summed E-state index contributed by atoms with van der Waals surface area (Å²) in [6, 6.07) is 4.96. The second-order valence-corrected chi connectivity index (χ2v) is 5.04. The van der Waals surface area contributed by atoms with Crippen molar-refractivity contribution in [2.45, 2.75) is 25.4 Å². The van der Waals surface area contributed by atoms with Gasteiger partial charge in [0.05, 0.1) is 6.61 Å². The van der Waals surface area contributed by atoms with Crippen molar-refractivity contribution in [1.82, 2.24) is 4.90 Å². The predicted molar refractivity (Wildman–Crippen MR) is 64.6 cm³/mol. The van der Waals surface area contributed by atoms with Gasteiger partial charge in [-0.05, 0) is 43.1 Å². The summed E-state index contributed by atoms with van der Waals surface area (Å²) in [5.41, 5.74) is 0.945. The van der Waals surface area contributed by atoms with Crippen molar-refractivity contribution in [1.29, 1.82) is 0 Å². The van der Waals surface area contributed by atoms with E-state index >= 15 is 0 Å². The van der Waals surface area contributed by atoms with Gasteiger partial charge in [0, 0.05) is 17.1 Å². The van der Waals surface area contributed by atoms with Crippen molar-refractivity contribution in [2.24, 2.45) is 0 Å². The van der Waals surface area contributed by atoms with Crippen molar-refractivity contribution < 1.29 is 9.50 Å². The van der Waals surface area contributed by atoms with E-state index in [2.05, 4.69) is 20.8 Å². The molecular weight excluding hydrogens is 273 g/mol. The molecule has 0 amide bonds. The van der Waals surface area contributed by atoms with Gasteiger partial charge in [-0.1, -0.05) is 15.9 Å². The lowest BCUT2D eigenvalue weighted by atomic mass is 10.2. The van der Waals surface area contributed by atoms with Crippen LogP contribution in [-0.4, -0.2) is 29.2 Å². The number of halogens is 2. The largest absolute Gasteiger partial charge is 0.395 e. The molecule has 1 aliphatic rings. The topological polar surface area (TPSA) is 23.5 Å². The van der Waals surface area contributed by atoms with Gasteiger partial charge in [0.2, 0.25) is 0 Å². The predicted octanol–water partition coefficient (Wildman–Crippen LogP) is 2.54. The van der Waals surface area contributed by atoms with Gasteiger partial charge in [0.25, 0.3) is 0 Å². The normalized spacial score (nSPS) is 21.6. The highest BCUT2D eigenvalue weighted by atomic mass is 79.9. The summed E-state index contributed by atoms with van der Waals surface area (Å²) in [6.45, 7) is 1.87. The number of benzene rings is 1. The summed E-state index contributed by atoms with van der Waals surface area (Å²) < 4.78 is 14.0. The maximum atomic E-state index is 13.1. The first-order valence-corrected chi connectivity index (χ1v) is 6.29. The fraction of sp³-hybridized carbons (Fsp3) is 0.500. The molecule has 2 rings (SSSR count). The van der Waals surface area contributed by atoms with Gasteiger partial charge in [-0.15, -0.1) is 0 Å². The van der Waals surface area contributed by atoms with E-state index in [0.717, 1.165) is 29.4 Å². The molecule has 0 radical (unpaired) electrons. The fourth-order valence-corrected chi connectivity index (χ4v) is 2.57. The van der Waals surface area contributed by atoms with Crippen molar-refractivity contribution in [3.05, 3.63) is 34.1 Å². The summed E-state index contributed by atoms with van der Waals surface area (Å²) in [7, 11) is 0. The minimum Gasteiger partial charge on any atom is -0.395 e. The molecule has 1 saturated heterocycles. The van der Waals surface area contributed by atoms with Crippen LogP contribution in [0.25, 0.3) is 0 Å². The molecule has 0 saturated carbocycles. The summed E-state index contributed by atoms with van der Waals surface area (Å²) in [5.74, 6) is -0.210. The van der Waals surface area contributed by atoms with Gasteiger partial charge >= 0.3 is 0 Å². The Hall–Kier alpha value is -0.450. The Balaban J connectivity index is 2.11. The van der Waals surface area contributed by atoms with Crippen molar-refractivity contribution >= 4 is 15.9 Å². The maximum absolute atomic E-state index is 13.1. The monoisotopic (exact) mass is 287 g/mol. The van der Waals surface area contributed by atoms with Gasteiger partial charge in [-0.2, -0.15) is 0 Å². The van der Waals surface area contributed by atoms with Crippen LogP contribution in [0.15, 0.2) is 22.7 Å². The zero-order chi connectivity index (χ0) is 11.5. The summed E-state index contributed by atoms with van der Waals surface area (Å²) in [5, 5.41) is 9.21. The Morgan fingerprint density at radius 3 is 3.06 bits per heavy atom. The molecule has 1 fully saturated rings. The van der Waals surface area contributed by atoms with Crippen molar-refractivity contribution in [3.8, 4) is 0 Å². The smallest absolute Gasteiger partial charge is 0.123 e. The van der Waals surface area contributed by atoms with Gasteiger partial charge < -0.3 is 5.11 Å². The lowest BCUT2D eigenvalue weighted by Gasteiger charge is -2.23. The average molecular weight is 288 g/mol. The number of aliphatic hydroxyl groups is 1.